The second-order valence-electron chi connectivity index (χ2n) is 3.15. The zero-order valence-electron chi connectivity index (χ0n) is 7.74. The first-order valence-corrected chi connectivity index (χ1v) is 5.29. The molecule has 0 aliphatic heterocycles. The Morgan fingerprint density at radius 1 is 1.33 bits per heavy atom. The van der Waals surface area contributed by atoms with Crippen LogP contribution in [0, 0.1) is 5.92 Å². The van der Waals surface area contributed by atoms with E-state index in [1.807, 2.05) is 18.6 Å². The second-order valence-corrected chi connectivity index (χ2v) is 3.97. The fourth-order valence-corrected chi connectivity index (χ4v) is 1.29. The summed E-state index contributed by atoms with van der Waals surface area (Å²) in [7, 11) is 0. The zero-order chi connectivity index (χ0) is 8.97. The van der Waals surface area contributed by atoms with Crippen LogP contribution in [0.5, 0.6) is 0 Å². The predicted molar refractivity (Wildman–Crippen MR) is 52.4 cm³/mol. The van der Waals surface area contributed by atoms with Crippen LogP contribution in [0.4, 0.5) is 0 Å². The van der Waals surface area contributed by atoms with Gasteiger partial charge in [-0.25, -0.2) is 4.98 Å². The lowest BCUT2D eigenvalue weighted by Crippen LogP contribution is -1.97. The highest BCUT2D eigenvalue weighted by Gasteiger charge is 1.99. The molecule has 0 aliphatic carbocycles. The molecule has 0 N–H and O–H groups in total. The Hall–Kier alpha value is -0.570. The average molecular weight is 182 g/mol. The summed E-state index contributed by atoms with van der Waals surface area (Å²) >= 11 is 1.62. The SMILES string of the molecule is CSc1cnc(CC(C)C)cn1. The first kappa shape index (κ1) is 9.52. The first-order chi connectivity index (χ1) is 5.72. The molecule has 0 fully saturated rings. The highest BCUT2D eigenvalue weighted by Crippen LogP contribution is 2.10. The molecule has 0 aromatic carbocycles. The van der Waals surface area contributed by atoms with Crippen LogP contribution in [0.3, 0.4) is 0 Å². The van der Waals surface area contributed by atoms with Gasteiger partial charge in [-0.2, -0.15) is 0 Å². The van der Waals surface area contributed by atoms with E-state index >= 15 is 0 Å². The van der Waals surface area contributed by atoms with E-state index in [9.17, 15) is 0 Å². The normalized spacial score (nSPS) is 10.7. The summed E-state index contributed by atoms with van der Waals surface area (Å²) < 4.78 is 0. The maximum absolute atomic E-state index is 4.31. The van der Waals surface area contributed by atoms with Crippen molar-refractivity contribution in [3.05, 3.63) is 18.1 Å². The third-order valence-electron chi connectivity index (χ3n) is 1.51. The summed E-state index contributed by atoms with van der Waals surface area (Å²) in [6.45, 7) is 4.37. The van der Waals surface area contributed by atoms with Gasteiger partial charge in [0.05, 0.1) is 11.9 Å². The van der Waals surface area contributed by atoms with E-state index in [4.69, 9.17) is 0 Å². The summed E-state index contributed by atoms with van der Waals surface area (Å²) in [4.78, 5) is 8.56. The Morgan fingerprint density at radius 2 is 2.08 bits per heavy atom. The van der Waals surface area contributed by atoms with Crippen LogP contribution in [0.25, 0.3) is 0 Å². The molecule has 0 aliphatic rings. The van der Waals surface area contributed by atoms with Gasteiger partial charge >= 0.3 is 0 Å². The molecule has 66 valence electrons. The topological polar surface area (TPSA) is 25.8 Å². The highest BCUT2D eigenvalue weighted by atomic mass is 32.2. The third-order valence-corrected chi connectivity index (χ3v) is 2.14. The summed E-state index contributed by atoms with van der Waals surface area (Å²) in [5.41, 5.74) is 1.09. The monoisotopic (exact) mass is 182 g/mol. The highest BCUT2D eigenvalue weighted by molar-refractivity contribution is 7.98. The molecule has 3 heteroatoms. The van der Waals surface area contributed by atoms with Gasteiger partial charge in [0.2, 0.25) is 0 Å². The van der Waals surface area contributed by atoms with E-state index in [2.05, 4.69) is 23.8 Å². The van der Waals surface area contributed by atoms with Crippen molar-refractivity contribution in [2.24, 2.45) is 5.92 Å². The number of hydrogen-bond donors (Lipinski definition) is 0. The number of aromatic nitrogens is 2. The smallest absolute Gasteiger partial charge is 0.114 e. The molecule has 0 radical (unpaired) electrons. The minimum Gasteiger partial charge on any atom is -0.257 e. The van der Waals surface area contributed by atoms with Gasteiger partial charge in [-0.1, -0.05) is 13.8 Å². The van der Waals surface area contributed by atoms with Crippen molar-refractivity contribution in [1.82, 2.24) is 9.97 Å². The van der Waals surface area contributed by atoms with Crippen molar-refractivity contribution in [3.63, 3.8) is 0 Å². The van der Waals surface area contributed by atoms with Crippen molar-refractivity contribution in [2.75, 3.05) is 6.26 Å². The molecule has 0 atom stereocenters. The van der Waals surface area contributed by atoms with Gasteiger partial charge in [-0.3, -0.25) is 4.98 Å². The minimum atomic E-state index is 0.652. The van der Waals surface area contributed by atoms with Crippen LogP contribution in [0.2, 0.25) is 0 Å². The summed E-state index contributed by atoms with van der Waals surface area (Å²) in [5, 5.41) is 0.988. The molecular formula is C9H14N2S. The van der Waals surface area contributed by atoms with Crippen molar-refractivity contribution in [1.29, 1.82) is 0 Å². The van der Waals surface area contributed by atoms with Gasteiger partial charge in [0.15, 0.2) is 0 Å². The van der Waals surface area contributed by atoms with Crippen LogP contribution in [-0.4, -0.2) is 16.2 Å². The average Bonchev–Trinajstić information content (AvgIpc) is 2.05. The van der Waals surface area contributed by atoms with Crippen molar-refractivity contribution in [3.8, 4) is 0 Å². The van der Waals surface area contributed by atoms with E-state index in [0.29, 0.717) is 5.92 Å². The molecule has 0 saturated heterocycles. The summed E-state index contributed by atoms with van der Waals surface area (Å²) in [6, 6.07) is 0. The largest absolute Gasteiger partial charge is 0.257 e. The molecule has 0 amide bonds. The predicted octanol–water partition coefficient (Wildman–Crippen LogP) is 2.40. The van der Waals surface area contributed by atoms with Gasteiger partial charge in [-0.15, -0.1) is 11.8 Å². The van der Waals surface area contributed by atoms with Crippen molar-refractivity contribution >= 4 is 11.8 Å². The number of hydrogen-bond acceptors (Lipinski definition) is 3. The zero-order valence-corrected chi connectivity index (χ0v) is 8.56. The standard InChI is InChI=1S/C9H14N2S/c1-7(2)4-8-5-11-9(12-3)6-10-8/h5-7H,4H2,1-3H3. The molecule has 0 unspecified atom stereocenters. The molecule has 1 aromatic heterocycles. The van der Waals surface area contributed by atoms with Crippen molar-refractivity contribution < 1.29 is 0 Å². The van der Waals surface area contributed by atoms with Gasteiger partial charge in [0, 0.05) is 6.20 Å². The third kappa shape index (κ3) is 2.81. The maximum atomic E-state index is 4.31. The van der Waals surface area contributed by atoms with E-state index in [1.54, 1.807) is 11.8 Å². The van der Waals surface area contributed by atoms with Crippen LogP contribution in [-0.2, 0) is 6.42 Å². The Labute approximate surface area is 77.8 Å². The van der Waals surface area contributed by atoms with Gasteiger partial charge < -0.3 is 0 Å². The number of rotatable bonds is 3. The van der Waals surface area contributed by atoms with Crippen LogP contribution in [0.15, 0.2) is 17.4 Å². The maximum Gasteiger partial charge on any atom is 0.114 e. The molecule has 12 heavy (non-hydrogen) atoms. The molecule has 0 spiro atoms. The Morgan fingerprint density at radius 3 is 2.50 bits per heavy atom. The number of thioether (sulfide) groups is 1. The van der Waals surface area contributed by atoms with Crippen LogP contribution >= 0.6 is 11.8 Å². The second kappa shape index (κ2) is 4.45. The van der Waals surface area contributed by atoms with Gasteiger partial charge in [0.1, 0.15) is 5.03 Å². The van der Waals surface area contributed by atoms with E-state index in [1.165, 1.54) is 0 Å². The summed E-state index contributed by atoms with van der Waals surface area (Å²) in [6.07, 6.45) is 6.72. The molecule has 2 nitrogen and oxygen atoms in total. The van der Waals surface area contributed by atoms with Gasteiger partial charge in [-0.05, 0) is 18.6 Å². The molecule has 1 heterocycles. The van der Waals surface area contributed by atoms with Crippen molar-refractivity contribution in [2.45, 2.75) is 25.3 Å². The lowest BCUT2D eigenvalue weighted by molar-refractivity contribution is 0.631. The number of nitrogens with zero attached hydrogens (tertiary/aromatic N) is 2. The molecular weight excluding hydrogens is 168 g/mol. The Bertz CT molecular complexity index is 231. The quantitative estimate of drug-likeness (QED) is 0.671. The molecule has 0 bridgehead atoms. The van der Waals surface area contributed by atoms with E-state index in [-0.39, 0.29) is 0 Å². The molecule has 0 saturated carbocycles. The van der Waals surface area contributed by atoms with E-state index < -0.39 is 0 Å². The van der Waals surface area contributed by atoms with Crippen LogP contribution in [0.1, 0.15) is 19.5 Å². The lowest BCUT2D eigenvalue weighted by Gasteiger charge is -2.03. The fraction of sp³-hybridized carbons (Fsp3) is 0.556. The Kier molecular flexibility index (Phi) is 3.53. The molecule has 1 aromatic rings. The van der Waals surface area contributed by atoms with Gasteiger partial charge in [0.25, 0.3) is 0 Å². The molecule has 1 rings (SSSR count). The van der Waals surface area contributed by atoms with Crippen LogP contribution < -0.4 is 0 Å². The Balaban J connectivity index is 2.65. The first-order valence-electron chi connectivity index (χ1n) is 4.07. The minimum absolute atomic E-state index is 0.652. The van der Waals surface area contributed by atoms with E-state index in [0.717, 1.165) is 17.1 Å². The fourth-order valence-electron chi connectivity index (χ4n) is 0.972. The lowest BCUT2D eigenvalue weighted by atomic mass is 10.1. The summed E-state index contributed by atoms with van der Waals surface area (Å²) in [5.74, 6) is 0.652.